The topological polar surface area (TPSA) is 62.2 Å². The van der Waals surface area contributed by atoms with E-state index in [-0.39, 0.29) is 17.6 Å². The second kappa shape index (κ2) is 10.9. The molecule has 0 bridgehead atoms. The van der Waals surface area contributed by atoms with Gasteiger partial charge in [0.25, 0.3) is 5.91 Å². The number of morpholine rings is 1. The van der Waals surface area contributed by atoms with E-state index in [0.29, 0.717) is 56.2 Å². The minimum atomic E-state index is -0.0441. The van der Waals surface area contributed by atoms with Crippen LogP contribution in [0.25, 0.3) is 0 Å². The highest BCUT2D eigenvalue weighted by molar-refractivity contribution is 6.40. The van der Waals surface area contributed by atoms with Gasteiger partial charge in [-0.3, -0.25) is 9.59 Å². The summed E-state index contributed by atoms with van der Waals surface area (Å²) in [7, 11) is 0. The molecule has 6 nitrogen and oxygen atoms in total. The van der Waals surface area contributed by atoms with E-state index >= 15 is 0 Å². The number of benzene rings is 1. The number of rotatable bonds is 7. The lowest BCUT2D eigenvalue weighted by Crippen LogP contribution is -2.43. The first-order valence-corrected chi connectivity index (χ1v) is 13.0. The van der Waals surface area contributed by atoms with E-state index in [4.69, 9.17) is 4.74 Å². The van der Waals surface area contributed by atoms with Crippen LogP contribution in [0.4, 0.5) is 5.69 Å². The highest BCUT2D eigenvalue weighted by atomic mass is 16.5. The highest BCUT2D eigenvalue weighted by Crippen LogP contribution is 2.42. The lowest BCUT2D eigenvalue weighted by molar-refractivity contribution is -0.128. The zero-order valence-corrected chi connectivity index (χ0v) is 21.0. The molecule has 2 fully saturated rings. The SMILES string of the molecule is C=C1CC(C(=O)N2CCOCC2)=NN1c1ccc(C(=O)C2C(C)CC(C)CC2CCCC)cc1. The van der Waals surface area contributed by atoms with E-state index in [2.05, 4.69) is 32.5 Å². The Bertz CT molecular complexity index is 933. The number of Topliss-reactive ketones (excluding diaryl/α,β-unsaturated/α-hetero) is 1. The van der Waals surface area contributed by atoms with Gasteiger partial charge in [0.1, 0.15) is 5.71 Å². The molecular formula is C28H39N3O3. The Morgan fingerprint density at radius 2 is 1.82 bits per heavy atom. The molecule has 3 aliphatic rings. The summed E-state index contributed by atoms with van der Waals surface area (Å²) >= 11 is 0. The molecule has 34 heavy (non-hydrogen) atoms. The molecule has 2 aliphatic heterocycles. The standard InChI is InChI=1S/C28H39N3O3/c1-5-6-7-23-17-19(2)16-20(3)26(23)27(32)22-8-10-24(11-9-22)31-21(4)18-25(29-31)28(33)30-12-14-34-15-13-30/h8-11,19-20,23,26H,4-7,12-18H2,1-3H3. The summed E-state index contributed by atoms with van der Waals surface area (Å²) in [6, 6.07) is 7.70. The van der Waals surface area contributed by atoms with Gasteiger partial charge >= 0.3 is 0 Å². The van der Waals surface area contributed by atoms with Crippen molar-refractivity contribution in [3.05, 3.63) is 42.1 Å². The van der Waals surface area contributed by atoms with Crippen molar-refractivity contribution in [1.29, 1.82) is 0 Å². The Hall–Kier alpha value is -2.47. The van der Waals surface area contributed by atoms with E-state index < -0.39 is 0 Å². The minimum Gasteiger partial charge on any atom is -0.378 e. The van der Waals surface area contributed by atoms with E-state index in [9.17, 15) is 9.59 Å². The molecule has 1 aromatic carbocycles. The van der Waals surface area contributed by atoms with Crippen molar-refractivity contribution in [3.8, 4) is 0 Å². The predicted octanol–water partition coefficient (Wildman–Crippen LogP) is 5.30. The molecule has 6 heteroatoms. The molecule has 4 atom stereocenters. The molecule has 1 saturated carbocycles. The van der Waals surface area contributed by atoms with Gasteiger partial charge in [0.15, 0.2) is 5.78 Å². The molecule has 1 amide bonds. The van der Waals surface area contributed by atoms with Crippen LogP contribution in [0.1, 0.15) is 69.7 Å². The van der Waals surface area contributed by atoms with Gasteiger partial charge in [-0.15, -0.1) is 0 Å². The zero-order valence-electron chi connectivity index (χ0n) is 21.0. The summed E-state index contributed by atoms with van der Waals surface area (Å²) in [6.07, 6.45) is 6.22. The molecule has 0 radical (unpaired) electrons. The van der Waals surface area contributed by atoms with Gasteiger partial charge < -0.3 is 9.64 Å². The zero-order chi connectivity index (χ0) is 24.2. The monoisotopic (exact) mass is 465 g/mol. The van der Waals surface area contributed by atoms with Crippen LogP contribution in [0.2, 0.25) is 0 Å². The normalized spacial score (nSPS) is 27.6. The smallest absolute Gasteiger partial charge is 0.270 e. The first kappa shape index (κ1) is 24.6. The number of hydrogen-bond acceptors (Lipinski definition) is 5. The maximum absolute atomic E-state index is 13.6. The number of nitrogens with zero attached hydrogens (tertiary/aromatic N) is 3. The number of anilines is 1. The van der Waals surface area contributed by atoms with E-state index in [0.717, 1.165) is 36.2 Å². The molecule has 1 aromatic rings. The van der Waals surface area contributed by atoms with Gasteiger partial charge in [-0.25, -0.2) is 5.01 Å². The van der Waals surface area contributed by atoms with Gasteiger partial charge in [-0.05, 0) is 61.3 Å². The van der Waals surface area contributed by atoms with Crippen LogP contribution in [0, 0.1) is 23.7 Å². The summed E-state index contributed by atoms with van der Waals surface area (Å²) in [5.74, 6) is 1.91. The number of allylic oxidation sites excluding steroid dienone is 1. The summed E-state index contributed by atoms with van der Waals surface area (Å²) in [4.78, 5) is 28.2. The van der Waals surface area contributed by atoms with E-state index in [1.54, 1.807) is 9.91 Å². The molecule has 1 aliphatic carbocycles. The summed E-state index contributed by atoms with van der Waals surface area (Å²) < 4.78 is 5.35. The fourth-order valence-corrected chi connectivity index (χ4v) is 6.00. The second-order valence-corrected chi connectivity index (χ2v) is 10.4. The van der Waals surface area contributed by atoms with Crippen LogP contribution in [-0.4, -0.2) is 48.6 Å². The average molecular weight is 466 g/mol. The largest absolute Gasteiger partial charge is 0.378 e. The number of ketones is 1. The maximum Gasteiger partial charge on any atom is 0.270 e. The molecule has 1 saturated heterocycles. The Labute approximate surface area is 204 Å². The Morgan fingerprint density at radius 1 is 1.12 bits per heavy atom. The summed E-state index contributed by atoms with van der Waals surface area (Å²) in [5.41, 5.74) is 2.88. The van der Waals surface area contributed by atoms with Crippen molar-refractivity contribution in [1.82, 2.24) is 4.90 Å². The number of unbranched alkanes of at least 4 members (excludes halogenated alkanes) is 1. The van der Waals surface area contributed by atoms with Crippen LogP contribution in [-0.2, 0) is 9.53 Å². The lowest BCUT2D eigenvalue weighted by Gasteiger charge is -2.39. The molecular weight excluding hydrogens is 426 g/mol. The molecule has 2 heterocycles. The number of hydrazone groups is 1. The highest BCUT2D eigenvalue weighted by Gasteiger charge is 2.38. The molecule has 4 unspecified atom stereocenters. The Kier molecular flexibility index (Phi) is 7.87. The van der Waals surface area contributed by atoms with Crippen LogP contribution in [0.15, 0.2) is 41.6 Å². The third kappa shape index (κ3) is 5.27. The number of carbonyl (C=O) groups excluding carboxylic acids is 2. The van der Waals surface area contributed by atoms with Gasteiger partial charge in [-0.1, -0.05) is 40.2 Å². The van der Waals surface area contributed by atoms with Crippen LogP contribution >= 0.6 is 0 Å². The summed E-state index contributed by atoms with van der Waals surface area (Å²) in [5, 5.41) is 6.31. The van der Waals surface area contributed by atoms with Crippen molar-refractivity contribution in [3.63, 3.8) is 0 Å². The molecule has 0 N–H and O–H groups in total. The average Bonchev–Trinajstić information content (AvgIpc) is 3.23. The Morgan fingerprint density at radius 3 is 2.50 bits per heavy atom. The van der Waals surface area contributed by atoms with Crippen molar-refractivity contribution < 1.29 is 14.3 Å². The van der Waals surface area contributed by atoms with E-state index in [1.165, 1.54) is 12.8 Å². The van der Waals surface area contributed by atoms with Crippen LogP contribution in [0.3, 0.4) is 0 Å². The van der Waals surface area contributed by atoms with Crippen molar-refractivity contribution >= 4 is 23.1 Å². The number of hydrogen-bond donors (Lipinski definition) is 0. The first-order chi connectivity index (χ1) is 16.4. The number of ether oxygens (including phenoxy) is 1. The van der Waals surface area contributed by atoms with Gasteiger partial charge in [0.05, 0.1) is 18.9 Å². The quantitative estimate of drug-likeness (QED) is 0.513. The lowest BCUT2D eigenvalue weighted by atomic mass is 9.65. The van der Waals surface area contributed by atoms with Gasteiger partial charge in [0.2, 0.25) is 0 Å². The third-order valence-electron chi connectivity index (χ3n) is 7.66. The van der Waals surface area contributed by atoms with Gasteiger partial charge in [0, 0.05) is 36.7 Å². The predicted molar refractivity (Wildman–Crippen MR) is 136 cm³/mol. The minimum absolute atomic E-state index is 0.0441. The fourth-order valence-electron chi connectivity index (χ4n) is 6.00. The van der Waals surface area contributed by atoms with Crippen molar-refractivity contribution in [2.24, 2.45) is 28.8 Å². The van der Waals surface area contributed by atoms with Crippen molar-refractivity contribution in [2.45, 2.75) is 59.3 Å². The molecule has 184 valence electrons. The molecule has 0 spiro atoms. The van der Waals surface area contributed by atoms with Crippen LogP contribution in [0.5, 0.6) is 0 Å². The third-order valence-corrected chi connectivity index (χ3v) is 7.66. The molecule has 0 aromatic heterocycles. The second-order valence-electron chi connectivity index (χ2n) is 10.4. The van der Waals surface area contributed by atoms with Gasteiger partial charge in [-0.2, -0.15) is 5.10 Å². The Balaban J connectivity index is 1.47. The number of amides is 1. The summed E-state index contributed by atoms with van der Waals surface area (Å²) in [6.45, 7) is 13.2. The first-order valence-electron chi connectivity index (χ1n) is 13.0. The van der Waals surface area contributed by atoms with Crippen molar-refractivity contribution in [2.75, 3.05) is 31.3 Å². The fraction of sp³-hybridized carbons (Fsp3) is 0.607. The van der Waals surface area contributed by atoms with E-state index in [1.807, 2.05) is 24.3 Å². The number of carbonyl (C=O) groups is 2. The maximum atomic E-state index is 13.6. The molecule has 4 rings (SSSR count). The van der Waals surface area contributed by atoms with Crippen LogP contribution < -0.4 is 5.01 Å².